The number of aromatic amines is 1. The number of H-pyrrole nitrogens is 1. The lowest BCUT2D eigenvalue weighted by Gasteiger charge is -2.22. The molecule has 0 bridgehead atoms. The van der Waals surface area contributed by atoms with Gasteiger partial charge in [-0.15, -0.1) is 0 Å². The van der Waals surface area contributed by atoms with Crippen LogP contribution in [0.1, 0.15) is 76.3 Å². The molecule has 0 atom stereocenters. The molecule has 0 radical (unpaired) electrons. The summed E-state index contributed by atoms with van der Waals surface area (Å²) in [5, 5.41) is 9.42. The van der Waals surface area contributed by atoms with E-state index in [-0.39, 0.29) is 5.41 Å². The molecule has 0 unspecified atom stereocenters. The highest BCUT2D eigenvalue weighted by Gasteiger charge is 2.17. The van der Waals surface area contributed by atoms with E-state index < -0.39 is 0 Å². The summed E-state index contributed by atoms with van der Waals surface area (Å²) in [6, 6.07) is 17.0. The minimum Gasteiger partial charge on any atom is -0.351 e. The normalized spacial score (nSPS) is 9.48. The third-order valence-corrected chi connectivity index (χ3v) is 4.04. The number of imidazole rings is 1. The quantitative estimate of drug-likeness (QED) is 0.501. The van der Waals surface area contributed by atoms with Gasteiger partial charge < -0.3 is 4.98 Å². The lowest BCUT2D eigenvalue weighted by Crippen LogP contribution is -2.13. The number of nitriles is 1. The zero-order chi connectivity index (χ0) is 22.3. The highest BCUT2D eigenvalue weighted by Crippen LogP contribution is 2.28. The Kier molecular flexibility index (Phi) is 12.8. The van der Waals surface area contributed by atoms with Crippen LogP contribution in [-0.2, 0) is 11.8 Å². The van der Waals surface area contributed by atoms with E-state index in [1.807, 2.05) is 52.8 Å². The molecule has 0 aliphatic rings. The van der Waals surface area contributed by atoms with Crippen LogP contribution in [0.15, 0.2) is 61.2 Å². The van der Waals surface area contributed by atoms with Crippen molar-refractivity contribution in [2.24, 2.45) is 0 Å². The minimum absolute atomic E-state index is 0.101. The molecule has 156 valence electrons. The van der Waals surface area contributed by atoms with Crippen molar-refractivity contribution in [3.63, 3.8) is 0 Å². The van der Waals surface area contributed by atoms with E-state index in [1.165, 1.54) is 11.1 Å². The number of benzene rings is 2. The molecule has 3 rings (SSSR count). The van der Waals surface area contributed by atoms with E-state index in [1.54, 1.807) is 18.7 Å². The summed E-state index contributed by atoms with van der Waals surface area (Å²) >= 11 is 0. The van der Waals surface area contributed by atoms with Gasteiger partial charge in [0.1, 0.15) is 0 Å². The summed E-state index contributed by atoms with van der Waals surface area (Å²) in [4.78, 5) is 6.42. The van der Waals surface area contributed by atoms with Gasteiger partial charge in [0.05, 0.1) is 18.0 Å². The highest BCUT2D eigenvalue weighted by atomic mass is 14.8. The first kappa shape index (κ1) is 26.1. The first-order valence-corrected chi connectivity index (χ1v) is 10.4. The molecule has 2 aromatic carbocycles. The van der Waals surface area contributed by atoms with E-state index in [2.05, 4.69) is 61.1 Å². The Hall–Kier alpha value is -2.86. The summed E-state index contributed by atoms with van der Waals surface area (Å²) in [5.74, 6) is 0. The van der Waals surface area contributed by atoms with Crippen molar-refractivity contribution in [2.75, 3.05) is 0 Å². The van der Waals surface area contributed by atoms with Crippen LogP contribution < -0.4 is 0 Å². The van der Waals surface area contributed by atoms with Crippen LogP contribution in [0.3, 0.4) is 0 Å². The van der Waals surface area contributed by atoms with Crippen molar-refractivity contribution in [2.45, 2.75) is 67.2 Å². The summed E-state index contributed by atoms with van der Waals surface area (Å²) in [7, 11) is 0. The Bertz CT molecular complexity index is 804. The maximum atomic E-state index is 9.42. The standard InChI is InChI=1S/C19H21N.C3H4N2.2C2H6/c1-14-10-17(19(2,3)4)12-16(18(14)13-20)11-15-8-6-5-7-9-15;1-2-5-3-4-1;2*1-2/h5-10,12H,11H2,1-4H3;1-3H,(H,4,5);2*1-2H3. The number of aromatic nitrogens is 2. The first-order chi connectivity index (χ1) is 13.9. The average Bonchev–Trinajstić information content (AvgIpc) is 3.31. The molecular formula is C26H37N3. The zero-order valence-electron chi connectivity index (χ0n) is 19.4. The molecule has 1 aromatic heterocycles. The second-order valence-corrected chi connectivity index (χ2v) is 7.11. The fraction of sp³-hybridized carbons (Fsp3) is 0.385. The van der Waals surface area contributed by atoms with E-state index >= 15 is 0 Å². The lowest BCUT2D eigenvalue weighted by molar-refractivity contribution is 0.589. The van der Waals surface area contributed by atoms with Gasteiger partial charge in [-0.05, 0) is 41.0 Å². The van der Waals surface area contributed by atoms with Crippen LogP contribution in [0.25, 0.3) is 0 Å². The minimum atomic E-state index is 0.101. The molecule has 0 aliphatic carbocycles. The average molecular weight is 392 g/mol. The summed E-state index contributed by atoms with van der Waals surface area (Å²) in [6.07, 6.45) is 5.90. The monoisotopic (exact) mass is 391 g/mol. The van der Waals surface area contributed by atoms with Gasteiger partial charge in [-0.25, -0.2) is 4.98 Å². The van der Waals surface area contributed by atoms with Crippen molar-refractivity contribution in [1.82, 2.24) is 9.97 Å². The largest absolute Gasteiger partial charge is 0.351 e. The second kappa shape index (κ2) is 14.2. The fourth-order valence-electron chi connectivity index (χ4n) is 2.62. The lowest BCUT2D eigenvalue weighted by atomic mass is 9.83. The van der Waals surface area contributed by atoms with Crippen LogP contribution >= 0.6 is 0 Å². The molecule has 0 saturated heterocycles. The molecule has 1 heterocycles. The molecule has 0 saturated carbocycles. The molecular weight excluding hydrogens is 354 g/mol. The molecule has 0 spiro atoms. The molecule has 3 heteroatoms. The van der Waals surface area contributed by atoms with Crippen molar-refractivity contribution in [3.05, 3.63) is 89.0 Å². The highest BCUT2D eigenvalue weighted by molar-refractivity contribution is 5.49. The van der Waals surface area contributed by atoms with Crippen molar-refractivity contribution >= 4 is 0 Å². The number of aryl methyl sites for hydroxylation is 1. The Morgan fingerprint density at radius 3 is 2.03 bits per heavy atom. The van der Waals surface area contributed by atoms with Crippen LogP contribution in [0.4, 0.5) is 0 Å². The first-order valence-electron chi connectivity index (χ1n) is 10.4. The predicted molar refractivity (Wildman–Crippen MR) is 125 cm³/mol. The van der Waals surface area contributed by atoms with Gasteiger partial charge in [0.25, 0.3) is 0 Å². The molecule has 0 aliphatic heterocycles. The molecule has 0 fully saturated rings. The summed E-state index contributed by atoms with van der Waals surface area (Å²) in [6.45, 7) is 16.7. The number of hydrogen-bond acceptors (Lipinski definition) is 2. The van der Waals surface area contributed by atoms with E-state index in [0.717, 1.165) is 23.1 Å². The molecule has 1 N–H and O–H groups in total. The van der Waals surface area contributed by atoms with Crippen LogP contribution in [-0.4, -0.2) is 9.97 Å². The summed E-state index contributed by atoms with van der Waals surface area (Å²) in [5.41, 5.74) is 5.66. The summed E-state index contributed by atoms with van der Waals surface area (Å²) < 4.78 is 0. The zero-order valence-corrected chi connectivity index (χ0v) is 19.4. The van der Waals surface area contributed by atoms with Crippen LogP contribution in [0.5, 0.6) is 0 Å². The van der Waals surface area contributed by atoms with Gasteiger partial charge in [0.2, 0.25) is 0 Å². The van der Waals surface area contributed by atoms with Gasteiger partial charge in [0.15, 0.2) is 0 Å². The van der Waals surface area contributed by atoms with Gasteiger partial charge in [-0.2, -0.15) is 5.26 Å². The van der Waals surface area contributed by atoms with E-state index in [0.29, 0.717) is 0 Å². The topological polar surface area (TPSA) is 52.5 Å². The SMILES string of the molecule is CC.CC.Cc1cc(C(C)(C)C)cc(Cc2ccccc2)c1C#N.c1c[nH]cn1. The number of rotatable bonds is 2. The maximum Gasteiger partial charge on any atom is 0.0997 e. The van der Waals surface area contributed by atoms with Gasteiger partial charge in [-0.3, -0.25) is 0 Å². The van der Waals surface area contributed by atoms with Gasteiger partial charge >= 0.3 is 0 Å². The Morgan fingerprint density at radius 2 is 1.62 bits per heavy atom. The smallest absolute Gasteiger partial charge is 0.0997 e. The molecule has 3 nitrogen and oxygen atoms in total. The Morgan fingerprint density at radius 1 is 1.00 bits per heavy atom. The maximum absolute atomic E-state index is 9.42. The van der Waals surface area contributed by atoms with E-state index in [9.17, 15) is 5.26 Å². The molecule has 0 amide bonds. The predicted octanol–water partition coefficient (Wildman–Crippen LogP) is 7.22. The van der Waals surface area contributed by atoms with Crippen molar-refractivity contribution in [3.8, 4) is 6.07 Å². The fourth-order valence-corrected chi connectivity index (χ4v) is 2.62. The van der Waals surface area contributed by atoms with E-state index in [4.69, 9.17) is 0 Å². The third kappa shape index (κ3) is 9.25. The van der Waals surface area contributed by atoms with Crippen molar-refractivity contribution in [1.29, 1.82) is 5.26 Å². The van der Waals surface area contributed by atoms with Crippen LogP contribution in [0.2, 0.25) is 0 Å². The van der Waals surface area contributed by atoms with Crippen molar-refractivity contribution < 1.29 is 0 Å². The Labute approximate surface area is 177 Å². The Balaban J connectivity index is 0.000000732. The second-order valence-electron chi connectivity index (χ2n) is 7.11. The number of nitrogens with zero attached hydrogens (tertiary/aromatic N) is 2. The number of nitrogens with one attached hydrogen (secondary N) is 1. The molecule has 3 aromatic rings. The third-order valence-electron chi connectivity index (χ3n) is 4.04. The van der Waals surface area contributed by atoms with Gasteiger partial charge in [0, 0.05) is 12.4 Å². The number of hydrogen-bond donors (Lipinski definition) is 1. The molecule has 29 heavy (non-hydrogen) atoms. The van der Waals surface area contributed by atoms with Crippen LogP contribution in [0, 0.1) is 18.3 Å². The van der Waals surface area contributed by atoms with Gasteiger partial charge in [-0.1, -0.05) is 90.9 Å².